The molecule has 0 saturated heterocycles. The summed E-state index contributed by atoms with van der Waals surface area (Å²) in [5, 5.41) is 0. The third-order valence-corrected chi connectivity index (χ3v) is 6.26. The third-order valence-electron chi connectivity index (χ3n) is 3.55. The van der Waals surface area contributed by atoms with Crippen molar-refractivity contribution in [2.45, 2.75) is 18.7 Å². The predicted octanol–water partition coefficient (Wildman–Crippen LogP) is 3.91. The minimum Gasteiger partial charge on any atom is -0.462 e. The zero-order valence-electron chi connectivity index (χ0n) is 14.6. The second-order valence-corrected chi connectivity index (χ2v) is 8.60. The third kappa shape index (κ3) is 5.31. The standard InChI is InChI=1S/C19H20INO4S/c1-15-9-11-17(12-10-15)26(23,24)21(13-5-6-14-25-16(2)22)19-8-4-3-7-18(19)20/h3-12H,13-14H2,1-2H3/b6-5+. The molecule has 7 heteroatoms. The smallest absolute Gasteiger partial charge is 0.302 e. The highest BCUT2D eigenvalue weighted by atomic mass is 127. The maximum atomic E-state index is 13.2. The molecule has 0 unspecified atom stereocenters. The Morgan fingerprint density at radius 3 is 2.38 bits per heavy atom. The molecule has 5 nitrogen and oxygen atoms in total. The van der Waals surface area contributed by atoms with Gasteiger partial charge in [0, 0.05) is 10.5 Å². The molecule has 0 aromatic heterocycles. The van der Waals surface area contributed by atoms with E-state index in [-0.39, 0.29) is 24.0 Å². The first-order valence-electron chi connectivity index (χ1n) is 7.94. The van der Waals surface area contributed by atoms with Crippen molar-refractivity contribution in [1.82, 2.24) is 0 Å². The number of para-hydroxylation sites is 1. The quantitative estimate of drug-likeness (QED) is 0.339. The van der Waals surface area contributed by atoms with Crippen LogP contribution in [-0.2, 0) is 19.6 Å². The van der Waals surface area contributed by atoms with Crippen LogP contribution in [0, 0.1) is 10.5 Å². The summed E-state index contributed by atoms with van der Waals surface area (Å²) in [6.45, 7) is 3.48. The summed E-state index contributed by atoms with van der Waals surface area (Å²) in [5.74, 6) is -0.378. The van der Waals surface area contributed by atoms with E-state index in [0.29, 0.717) is 5.69 Å². The SMILES string of the molecule is CC(=O)OC/C=C/CN(c1ccccc1I)S(=O)(=O)c1ccc(C)cc1. The molecule has 2 aromatic carbocycles. The predicted molar refractivity (Wildman–Crippen MR) is 111 cm³/mol. The van der Waals surface area contributed by atoms with Crippen molar-refractivity contribution in [3.8, 4) is 0 Å². The Morgan fingerprint density at radius 2 is 1.77 bits per heavy atom. The van der Waals surface area contributed by atoms with E-state index in [1.165, 1.54) is 11.2 Å². The topological polar surface area (TPSA) is 63.7 Å². The molecule has 0 saturated carbocycles. The van der Waals surface area contributed by atoms with Gasteiger partial charge in [-0.1, -0.05) is 35.9 Å². The highest BCUT2D eigenvalue weighted by molar-refractivity contribution is 14.1. The number of halogens is 1. The van der Waals surface area contributed by atoms with Gasteiger partial charge >= 0.3 is 5.97 Å². The van der Waals surface area contributed by atoms with Gasteiger partial charge in [0.1, 0.15) is 6.61 Å². The number of hydrogen-bond donors (Lipinski definition) is 0. The number of esters is 1. The van der Waals surface area contributed by atoms with Gasteiger partial charge in [-0.2, -0.15) is 0 Å². The molecule has 0 N–H and O–H groups in total. The molecule has 2 rings (SSSR count). The van der Waals surface area contributed by atoms with Crippen molar-refractivity contribution in [2.24, 2.45) is 0 Å². The fraction of sp³-hybridized carbons (Fsp3) is 0.211. The number of sulfonamides is 1. The molecule has 0 aliphatic heterocycles. The van der Waals surface area contributed by atoms with Crippen LogP contribution in [-0.4, -0.2) is 27.5 Å². The summed E-state index contributed by atoms with van der Waals surface area (Å²) in [5.41, 5.74) is 1.59. The molecular formula is C19H20INO4S. The molecule has 0 radical (unpaired) electrons. The zero-order chi connectivity index (χ0) is 19.2. The van der Waals surface area contributed by atoms with E-state index in [0.717, 1.165) is 9.13 Å². The number of nitrogens with zero attached hydrogens (tertiary/aromatic N) is 1. The maximum absolute atomic E-state index is 13.2. The molecule has 0 aliphatic rings. The van der Waals surface area contributed by atoms with E-state index in [9.17, 15) is 13.2 Å². The summed E-state index contributed by atoms with van der Waals surface area (Å²) >= 11 is 2.12. The van der Waals surface area contributed by atoms with Crippen LogP contribution in [0.1, 0.15) is 12.5 Å². The molecule has 138 valence electrons. The van der Waals surface area contributed by atoms with Crippen molar-refractivity contribution < 1.29 is 17.9 Å². The summed E-state index contributed by atoms with van der Waals surface area (Å²) in [4.78, 5) is 11.0. The molecule has 2 aromatic rings. The van der Waals surface area contributed by atoms with E-state index >= 15 is 0 Å². The molecule has 0 bridgehead atoms. The van der Waals surface area contributed by atoms with Gasteiger partial charge in [-0.3, -0.25) is 9.10 Å². The average molecular weight is 485 g/mol. The fourth-order valence-electron chi connectivity index (χ4n) is 2.22. The zero-order valence-corrected chi connectivity index (χ0v) is 17.5. The van der Waals surface area contributed by atoms with Crippen molar-refractivity contribution in [3.63, 3.8) is 0 Å². The average Bonchev–Trinajstić information content (AvgIpc) is 2.59. The molecule has 0 aliphatic carbocycles. The van der Waals surface area contributed by atoms with Crippen LogP contribution in [0.25, 0.3) is 0 Å². The van der Waals surface area contributed by atoms with E-state index in [1.54, 1.807) is 48.6 Å². The van der Waals surface area contributed by atoms with Crippen LogP contribution in [0.5, 0.6) is 0 Å². The van der Waals surface area contributed by atoms with Gasteiger partial charge in [-0.25, -0.2) is 8.42 Å². The van der Waals surface area contributed by atoms with Gasteiger partial charge in [0.05, 0.1) is 17.1 Å². The van der Waals surface area contributed by atoms with Gasteiger partial charge in [0.15, 0.2) is 0 Å². The summed E-state index contributed by atoms with van der Waals surface area (Å²) in [6.07, 6.45) is 3.31. The Morgan fingerprint density at radius 1 is 1.12 bits per heavy atom. The number of ether oxygens (including phenoxy) is 1. The molecule has 0 atom stereocenters. The number of rotatable bonds is 7. The number of anilines is 1. The van der Waals surface area contributed by atoms with Crippen LogP contribution in [0.4, 0.5) is 5.69 Å². The van der Waals surface area contributed by atoms with Crippen molar-refractivity contribution in [3.05, 3.63) is 69.8 Å². The van der Waals surface area contributed by atoms with Gasteiger partial charge in [-0.15, -0.1) is 0 Å². The number of benzene rings is 2. The Hall–Kier alpha value is -1.87. The first-order chi connectivity index (χ1) is 12.3. The summed E-state index contributed by atoms with van der Waals surface area (Å²) in [6, 6.07) is 14.1. The minimum atomic E-state index is -3.73. The largest absolute Gasteiger partial charge is 0.462 e. The molecule has 0 fully saturated rings. The molecule has 0 heterocycles. The monoisotopic (exact) mass is 485 g/mol. The van der Waals surface area contributed by atoms with E-state index < -0.39 is 10.0 Å². The Labute approximate surface area is 167 Å². The summed E-state index contributed by atoms with van der Waals surface area (Å²) < 4.78 is 33.4. The Balaban J connectivity index is 2.35. The van der Waals surface area contributed by atoms with Crippen LogP contribution in [0.3, 0.4) is 0 Å². The Kier molecular flexibility index (Phi) is 7.22. The van der Waals surface area contributed by atoms with Crippen molar-refractivity contribution in [1.29, 1.82) is 0 Å². The lowest BCUT2D eigenvalue weighted by molar-refractivity contribution is -0.139. The van der Waals surface area contributed by atoms with Crippen LogP contribution in [0.2, 0.25) is 0 Å². The fourth-order valence-corrected chi connectivity index (χ4v) is 4.50. The molecule has 0 amide bonds. The minimum absolute atomic E-state index is 0.111. The Bertz CT molecular complexity index is 892. The first kappa shape index (κ1) is 20.4. The van der Waals surface area contributed by atoms with Gasteiger partial charge in [-0.05, 0) is 59.9 Å². The van der Waals surface area contributed by atoms with Gasteiger partial charge in [0.2, 0.25) is 0 Å². The van der Waals surface area contributed by atoms with Crippen LogP contribution < -0.4 is 4.31 Å². The molecular weight excluding hydrogens is 465 g/mol. The van der Waals surface area contributed by atoms with Crippen LogP contribution >= 0.6 is 22.6 Å². The van der Waals surface area contributed by atoms with Crippen molar-refractivity contribution >= 4 is 44.3 Å². The second-order valence-electron chi connectivity index (χ2n) is 5.57. The van der Waals surface area contributed by atoms with E-state index in [1.807, 2.05) is 19.1 Å². The summed E-state index contributed by atoms with van der Waals surface area (Å²) in [7, 11) is -3.73. The number of aryl methyl sites for hydroxylation is 1. The van der Waals surface area contributed by atoms with E-state index in [4.69, 9.17) is 4.74 Å². The molecule has 26 heavy (non-hydrogen) atoms. The van der Waals surface area contributed by atoms with Gasteiger partial charge < -0.3 is 4.74 Å². The highest BCUT2D eigenvalue weighted by Crippen LogP contribution is 2.28. The highest BCUT2D eigenvalue weighted by Gasteiger charge is 2.25. The maximum Gasteiger partial charge on any atom is 0.302 e. The lowest BCUT2D eigenvalue weighted by Gasteiger charge is -2.24. The number of carbonyl (C=O) groups excluding carboxylic acids is 1. The normalized spacial score (nSPS) is 11.5. The van der Waals surface area contributed by atoms with Crippen molar-refractivity contribution in [2.75, 3.05) is 17.5 Å². The lowest BCUT2D eigenvalue weighted by Crippen LogP contribution is -2.32. The number of carbonyl (C=O) groups is 1. The lowest BCUT2D eigenvalue weighted by atomic mass is 10.2. The van der Waals surface area contributed by atoms with E-state index in [2.05, 4.69) is 22.6 Å². The first-order valence-corrected chi connectivity index (χ1v) is 10.5. The molecule has 0 spiro atoms. The number of hydrogen-bond acceptors (Lipinski definition) is 4. The second kappa shape index (κ2) is 9.18. The van der Waals surface area contributed by atoms with Crippen LogP contribution in [0.15, 0.2) is 65.6 Å². The van der Waals surface area contributed by atoms with Gasteiger partial charge in [0.25, 0.3) is 10.0 Å².